The van der Waals surface area contributed by atoms with E-state index in [9.17, 15) is 4.39 Å². The number of hydrogen-bond donors (Lipinski definition) is 2. The van der Waals surface area contributed by atoms with E-state index in [1.54, 1.807) is 0 Å². The molecule has 0 aromatic carbocycles. The summed E-state index contributed by atoms with van der Waals surface area (Å²) in [4.78, 5) is 12.2. The van der Waals surface area contributed by atoms with Crippen molar-refractivity contribution in [2.75, 3.05) is 36.5 Å². The van der Waals surface area contributed by atoms with Gasteiger partial charge in [-0.05, 0) is 31.0 Å². The number of nitrogens with two attached hydrogens (primary N) is 1. The Morgan fingerprint density at radius 3 is 2.90 bits per heavy atom. The van der Waals surface area contributed by atoms with Crippen LogP contribution in [0.15, 0.2) is 0 Å². The first-order valence-electron chi connectivity index (χ1n) is 6.87. The van der Waals surface area contributed by atoms with Gasteiger partial charge in [0.1, 0.15) is 0 Å². The number of nitrogens with zero attached hydrogens (tertiary/aromatic N) is 4. The first-order chi connectivity index (χ1) is 9.69. The van der Waals surface area contributed by atoms with E-state index in [0.717, 1.165) is 32.6 Å². The lowest BCUT2D eigenvalue weighted by Gasteiger charge is -2.44. The molecule has 1 aromatic heterocycles. The average molecular weight is 301 g/mol. The van der Waals surface area contributed by atoms with Crippen LogP contribution in [0.5, 0.6) is 0 Å². The topological polar surface area (TPSA) is 70.3 Å². The van der Waals surface area contributed by atoms with Gasteiger partial charge in [-0.15, -0.1) is 0 Å². The van der Waals surface area contributed by atoms with E-state index >= 15 is 0 Å². The molecule has 2 saturated heterocycles. The van der Waals surface area contributed by atoms with Crippen molar-refractivity contribution in [2.24, 2.45) is 5.84 Å². The molecule has 2 fully saturated rings. The molecule has 6 nitrogen and oxygen atoms in total. The number of fused-ring (bicyclic) bond motifs is 1. The van der Waals surface area contributed by atoms with Gasteiger partial charge in [-0.2, -0.15) is 14.4 Å². The normalized spacial score (nSPS) is 23.6. The quantitative estimate of drug-likeness (QED) is 0.486. The van der Waals surface area contributed by atoms with Gasteiger partial charge in [-0.25, -0.2) is 5.84 Å². The summed E-state index contributed by atoms with van der Waals surface area (Å²) >= 11 is 5.84. The summed E-state index contributed by atoms with van der Waals surface area (Å²) in [6.07, 6.45) is 3.64. The summed E-state index contributed by atoms with van der Waals surface area (Å²) in [5, 5.41) is 0.000392. The Labute approximate surface area is 122 Å². The van der Waals surface area contributed by atoms with Crippen molar-refractivity contribution in [1.29, 1.82) is 0 Å². The van der Waals surface area contributed by atoms with E-state index in [1.165, 1.54) is 12.8 Å². The third-order valence-electron chi connectivity index (χ3n) is 4.08. The number of rotatable bonds is 2. The molecule has 1 aromatic rings. The second-order valence-electron chi connectivity index (χ2n) is 5.25. The summed E-state index contributed by atoms with van der Waals surface area (Å²) in [7, 11) is 0. The SMILES string of the molecule is NNc1nc(Cl)nc(N2CCN3CCCCC3C2)c1F. The van der Waals surface area contributed by atoms with Crippen molar-refractivity contribution < 1.29 is 4.39 Å². The molecule has 0 spiro atoms. The van der Waals surface area contributed by atoms with E-state index < -0.39 is 5.82 Å². The third-order valence-corrected chi connectivity index (χ3v) is 4.25. The van der Waals surface area contributed by atoms with Crippen LogP contribution in [0.4, 0.5) is 16.0 Å². The van der Waals surface area contributed by atoms with Gasteiger partial charge in [-0.3, -0.25) is 4.90 Å². The summed E-state index contributed by atoms with van der Waals surface area (Å²) < 4.78 is 14.3. The van der Waals surface area contributed by atoms with Crippen LogP contribution in [-0.4, -0.2) is 47.1 Å². The lowest BCUT2D eigenvalue weighted by atomic mass is 9.99. The fourth-order valence-electron chi connectivity index (χ4n) is 3.06. The van der Waals surface area contributed by atoms with Crippen molar-refractivity contribution in [3.63, 3.8) is 0 Å². The highest BCUT2D eigenvalue weighted by Crippen LogP contribution is 2.28. The highest BCUT2D eigenvalue weighted by Gasteiger charge is 2.31. The van der Waals surface area contributed by atoms with Gasteiger partial charge in [-0.1, -0.05) is 6.42 Å². The van der Waals surface area contributed by atoms with Crippen LogP contribution in [0.2, 0.25) is 5.28 Å². The molecule has 0 saturated carbocycles. The van der Waals surface area contributed by atoms with E-state index in [2.05, 4.69) is 20.3 Å². The van der Waals surface area contributed by atoms with E-state index in [1.807, 2.05) is 4.90 Å². The Bertz CT molecular complexity index is 499. The second kappa shape index (κ2) is 5.67. The zero-order valence-electron chi connectivity index (χ0n) is 11.1. The van der Waals surface area contributed by atoms with Crippen LogP contribution in [-0.2, 0) is 0 Å². The highest BCUT2D eigenvalue weighted by atomic mass is 35.5. The monoisotopic (exact) mass is 300 g/mol. The maximum absolute atomic E-state index is 14.3. The molecule has 0 radical (unpaired) electrons. The Hall–Kier alpha value is -1.18. The maximum Gasteiger partial charge on any atom is 0.226 e. The predicted octanol–water partition coefficient (Wildman–Crippen LogP) is 1.23. The number of hydrogen-bond acceptors (Lipinski definition) is 6. The van der Waals surface area contributed by atoms with Gasteiger partial charge in [0.2, 0.25) is 11.1 Å². The molecule has 20 heavy (non-hydrogen) atoms. The number of nitrogens with one attached hydrogen (secondary N) is 1. The van der Waals surface area contributed by atoms with Gasteiger partial charge in [0, 0.05) is 25.7 Å². The van der Waals surface area contributed by atoms with Gasteiger partial charge < -0.3 is 10.3 Å². The Balaban J connectivity index is 1.84. The molecule has 2 aliphatic heterocycles. The van der Waals surface area contributed by atoms with Crippen LogP contribution < -0.4 is 16.2 Å². The van der Waals surface area contributed by atoms with Gasteiger partial charge >= 0.3 is 0 Å². The van der Waals surface area contributed by atoms with Crippen LogP contribution in [0.25, 0.3) is 0 Å². The molecule has 3 rings (SSSR count). The zero-order valence-corrected chi connectivity index (χ0v) is 11.9. The number of piperazine rings is 1. The van der Waals surface area contributed by atoms with Gasteiger partial charge in [0.15, 0.2) is 11.6 Å². The van der Waals surface area contributed by atoms with Crippen molar-refractivity contribution in [3.8, 4) is 0 Å². The molecule has 1 unspecified atom stereocenters. The summed E-state index contributed by atoms with van der Waals surface area (Å²) in [5.74, 6) is 4.89. The molecule has 3 N–H and O–H groups in total. The summed E-state index contributed by atoms with van der Waals surface area (Å²) in [6.45, 7) is 3.58. The lowest BCUT2D eigenvalue weighted by molar-refractivity contribution is 0.133. The molecular formula is C12H18ClFN6. The number of nitrogen functional groups attached to an aromatic ring is 1. The maximum atomic E-state index is 14.3. The van der Waals surface area contributed by atoms with Crippen LogP contribution in [0, 0.1) is 5.82 Å². The van der Waals surface area contributed by atoms with Crippen molar-refractivity contribution in [1.82, 2.24) is 14.9 Å². The Morgan fingerprint density at radius 1 is 1.25 bits per heavy atom. The van der Waals surface area contributed by atoms with Crippen LogP contribution >= 0.6 is 11.6 Å². The number of hydrazine groups is 1. The molecule has 0 bridgehead atoms. The lowest BCUT2D eigenvalue weighted by Crippen LogP contribution is -2.55. The fraction of sp³-hybridized carbons (Fsp3) is 0.667. The molecule has 2 aliphatic rings. The van der Waals surface area contributed by atoms with Crippen molar-refractivity contribution >= 4 is 23.2 Å². The molecule has 0 aliphatic carbocycles. The van der Waals surface area contributed by atoms with E-state index in [4.69, 9.17) is 17.4 Å². The molecule has 8 heteroatoms. The Morgan fingerprint density at radius 2 is 2.10 bits per heavy atom. The predicted molar refractivity (Wildman–Crippen MR) is 76.2 cm³/mol. The van der Waals surface area contributed by atoms with Crippen molar-refractivity contribution in [2.45, 2.75) is 25.3 Å². The Kier molecular flexibility index (Phi) is 3.91. The minimum atomic E-state index is -0.541. The molecule has 110 valence electrons. The minimum absolute atomic E-state index is 0.000392. The number of piperidine rings is 1. The number of halogens is 2. The summed E-state index contributed by atoms with van der Waals surface area (Å²) in [6, 6.07) is 0.472. The van der Waals surface area contributed by atoms with Crippen LogP contribution in [0.1, 0.15) is 19.3 Å². The largest absolute Gasteiger partial charge is 0.351 e. The molecule has 3 heterocycles. The smallest absolute Gasteiger partial charge is 0.226 e. The first-order valence-corrected chi connectivity index (χ1v) is 7.25. The van der Waals surface area contributed by atoms with E-state index in [0.29, 0.717) is 6.04 Å². The third kappa shape index (κ3) is 2.53. The molecule has 0 amide bonds. The van der Waals surface area contributed by atoms with Crippen molar-refractivity contribution in [3.05, 3.63) is 11.1 Å². The number of aromatic nitrogens is 2. The highest BCUT2D eigenvalue weighted by molar-refractivity contribution is 6.28. The van der Waals surface area contributed by atoms with Gasteiger partial charge in [0.05, 0.1) is 0 Å². The van der Waals surface area contributed by atoms with Crippen LogP contribution in [0.3, 0.4) is 0 Å². The first kappa shape index (κ1) is 13.8. The zero-order chi connectivity index (χ0) is 14.1. The fourth-order valence-corrected chi connectivity index (χ4v) is 3.23. The standard InChI is InChI=1S/C12H18ClFN6/c13-12-16-10(18-15)9(14)11(17-12)20-6-5-19-4-2-1-3-8(19)7-20/h8H,1-7,15H2,(H,16,17,18). The average Bonchev–Trinajstić information content (AvgIpc) is 2.48. The van der Waals surface area contributed by atoms with Gasteiger partial charge in [0.25, 0.3) is 0 Å². The second-order valence-corrected chi connectivity index (χ2v) is 5.59. The minimum Gasteiger partial charge on any atom is -0.351 e. The number of anilines is 2. The molecular weight excluding hydrogens is 283 g/mol. The molecule has 1 atom stereocenters. The summed E-state index contributed by atoms with van der Waals surface area (Å²) in [5.41, 5.74) is 2.22. The van der Waals surface area contributed by atoms with E-state index in [-0.39, 0.29) is 16.9 Å².